The number of benzene rings is 1. The van der Waals surface area contributed by atoms with E-state index in [2.05, 4.69) is 5.32 Å². The molecule has 0 spiro atoms. The lowest BCUT2D eigenvalue weighted by Gasteiger charge is -2.06. The summed E-state index contributed by atoms with van der Waals surface area (Å²) in [5.41, 5.74) is 1.04. The Labute approximate surface area is 71.2 Å². The van der Waals surface area contributed by atoms with Crippen LogP contribution in [0.15, 0.2) is 24.3 Å². The van der Waals surface area contributed by atoms with E-state index < -0.39 is 0 Å². The molecule has 0 aliphatic carbocycles. The molecule has 1 atom stereocenters. The van der Waals surface area contributed by atoms with Crippen molar-refractivity contribution in [3.05, 3.63) is 36.4 Å². The van der Waals surface area contributed by atoms with Crippen molar-refractivity contribution in [3.8, 4) is 5.75 Å². The number of para-hydroxylation sites is 1. The van der Waals surface area contributed by atoms with E-state index in [1.165, 1.54) is 0 Å². The number of nitrogens with one attached hydrogen (secondary N) is 1. The molecule has 1 aliphatic heterocycles. The van der Waals surface area contributed by atoms with E-state index in [0.717, 1.165) is 11.3 Å². The molecular weight excluding hydrogens is 154 g/mol. The molecule has 12 heavy (non-hydrogen) atoms. The van der Waals surface area contributed by atoms with E-state index in [4.69, 9.17) is 9.78 Å². The third kappa shape index (κ3) is 1.17. The Morgan fingerprint density at radius 2 is 2.25 bits per heavy atom. The van der Waals surface area contributed by atoms with Crippen molar-refractivity contribution in [2.24, 2.45) is 0 Å². The molecule has 0 amide bonds. The van der Waals surface area contributed by atoms with Crippen molar-refractivity contribution in [3.63, 3.8) is 0 Å². The minimum atomic E-state index is -0.161. The van der Waals surface area contributed by atoms with Crippen LogP contribution in [0.2, 0.25) is 0 Å². The molecule has 1 unspecified atom stereocenters. The van der Waals surface area contributed by atoms with Crippen LogP contribution >= 0.6 is 0 Å². The number of hydrogen-bond acceptors (Lipinski definition) is 3. The first kappa shape index (κ1) is 7.58. The lowest BCUT2D eigenvalue weighted by atomic mass is 10.2. The Morgan fingerprint density at radius 3 is 3.08 bits per heavy atom. The summed E-state index contributed by atoms with van der Waals surface area (Å²) < 4.78 is 0. The van der Waals surface area contributed by atoms with Gasteiger partial charge in [-0.25, -0.2) is 0 Å². The Hall–Kier alpha value is -1.06. The molecule has 1 heterocycles. The average molecular weight is 164 g/mol. The Kier molecular flexibility index (Phi) is 1.98. The van der Waals surface area contributed by atoms with Gasteiger partial charge in [0, 0.05) is 12.1 Å². The van der Waals surface area contributed by atoms with Crippen molar-refractivity contribution in [1.82, 2.24) is 5.32 Å². The molecule has 3 nitrogen and oxygen atoms in total. The Balaban J connectivity index is 2.24. The zero-order valence-corrected chi connectivity index (χ0v) is 6.78. The predicted octanol–water partition coefficient (Wildman–Crippen LogP) is 1.78. The first-order chi connectivity index (χ1) is 5.92. The Bertz CT molecular complexity index is 273. The second kappa shape index (κ2) is 3.13. The van der Waals surface area contributed by atoms with Gasteiger partial charge in [-0.1, -0.05) is 18.2 Å². The largest absolute Gasteiger partial charge is 0.335 e. The van der Waals surface area contributed by atoms with Gasteiger partial charge in [0.05, 0.1) is 0 Å². The zero-order valence-electron chi connectivity index (χ0n) is 6.78. The predicted molar refractivity (Wildman–Crippen MR) is 44.0 cm³/mol. The van der Waals surface area contributed by atoms with Gasteiger partial charge in [0.2, 0.25) is 0 Å². The van der Waals surface area contributed by atoms with Gasteiger partial charge in [-0.05, 0) is 13.0 Å². The van der Waals surface area contributed by atoms with Gasteiger partial charge in [0.25, 0.3) is 0 Å². The van der Waals surface area contributed by atoms with Crippen LogP contribution < -0.4 is 10.2 Å². The van der Waals surface area contributed by atoms with E-state index in [9.17, 15) is 0 Å². The highest BCUT2D eigenvalue weighted by Gasteiger charge is 2.24. The normalized spacial score (nSPS) is 20.2. The fraction of sp³-hybridized carbons (Fsp3) is 0.222. The highest BCUT2D eigenvalue weighted by atomic mass is 17.2. The van der Waals surface area contributed by atoms with Gasteiger partial charge in [0.1, 0.15) is 0 Å². The van der Waals surface area contributed by atoms with E-state index in [1.807, 2.05) is 37.7 Å². The summed E-state index contributed by atoms with van der Waals surface area (Å²) in [5, 5.41) is 3.03. The highest BCUT2D eigenvalue weighted by Crippen LogP contribution is 2.32. The van der Waals surface area contributed by atoms with Crippen LogP contribution in [-0.4, -0.2) is 0 Å². The average Bonchev–Trinajstić information content (AvgIpc) is 2.50. The van der Waals surface area contributed by atoms with Crippen LogP contribution in [0.3, 0.4) is 0 Å². The zero-order chi connectivity index (χ0) is 8.39. The minimum Gasteiger partial charge on any atom is -0.335 e. The molecule has 63 valence electrons. The van der Waals surface area contributed by atoms with Gasteiger partial charge in [-0.3, -0.25) is 5.32 Å². The molecule has 0 bridgehead atoms. The fourth-order valence-electron chi connectivity index (χ4n) is 1.19. The second-order valence-electron chi connectivity index (χ2n) is 2.55. The van der Waals surface area contributed by atoms with Crippen LogP contribution in [0.1, 0.15) is 18.7 Å². The number of rotatable bonds is 2. The Morgan fingerprint density at radius 1 is 1.42 bits per heavy atom. The highest BCUT2D eigenvalue weighted by molar-refractivity contribution is 5.36. The van der Waals surface area contributed by atoms with Crippen LogP contribution in [-0.2, 0) is 4.89 Å². The number of fused-ring (bicyclic) bond motifs is 1. The van der Waals surface area contributed by atoms with E-state index >= 15 is 0 Å². The molecule has 0 fully saturated rings. The summed E-state index contributed by atoms with van der Waals surface area (Å²) in [7, 11) is 0. The van der Waals surface area contributed by atoms with Crippen molar-refractivity contribution < 1.29 is 9.78 Å². The summed E-state index contributed by atoms with van der Waals surface area (Å²) >= 11 is 0. The molecule has 2 rings (SSSR count). The fourth-order valence-corrected chi connectivity index (χ4v) is 1.19. The van der Waals surface area contributed by atoms with Gasteiger partial charge in [0.15, 0.2) is 12.0 Å². The monoisotopic (exact) mass is 164 g/mol. The molecule has 3 heteroatoms. The molecular formula is C9H10NO2. The van der Waals surface area contributed by atoms with Crippen molar-refractivity contribution in [2.45, 2.75) is 13.2 Å². The number of hydrogen-bond donors (Lipinski definition) is 1. The van der Waals surface area contributed by atoms with E-state index in [-0.39, 0.29) is 6.23 Å². The summed E-state index contributed by atoms with van der Waals surface area (Å²) in [5.74, 6) is 0.789. The maximum Gasteiger partial charge on any atom is 0.185 e. The van der Waals surface area contributed by atoms with Gasteiger partial charge < -0.3 is 4.89 Å². The quantitative estimate of drug-likeness (QED) is 0.676. The summed E-state index contributed by atoms with van der Waals surface area (Å²) in [6.45, 7) is 3.74. The molecule has 1 radical (unpaired) electrons. The van der Waals surface area contributed by atoms with Gasteiger partial charge in [-0.15, -0.1) is 0 Å². The van der Waals surface area contributed by atoms with Crippen molar-refractivity contribution in [2.75, 3.05) is 0 Å². The molecule has 1 N–H and O–H groups in total. The molecule has 0 saturated carbocycles. The molecule has 1 aromatic carbocycles. The summed E-state index contributed by atoms with van der Waals surface area (Å²) in [6, 6.07) is 7.73. The lowest BCUT2D eigenvalue weighted by Crippen LogP contribution is -2.16. The molecule has 1 aromatic rings. The standard InChI is InChI=1S/C9H10NO2/c1-2-10-9-7-5-3-4-6-8(7)11-12-9/h2-6,9-10H,1H3. The van der Waals surface area contributed by atoms with Crippen LogP contribution in [0.4, 0.5) is 0 Å². The first-order valence-electron chi connectivity index (χ1n) is 3.88. The lowest BCUT2D eigenvalue weighted by molar-refractivity contribution is -0.230. The van der Waals surface area contributed by atoms with Gasteiger partial charge >= 0.3 is 0 Å². The third-order valence-electron chi connectivity index (χ3n) is 1.75. The van der Waals surface area contributed by atoms with Gasteiger partial charge in [-0.2, -0.15) is 4.89 Å². The molecule has 0 aromatic heterocycles. The summed E-state index contributed by atoms with van der Waals surface area (Å²) in [6.07, 6.45) is -0.161. The van der Waals surface area contributed by atoms with Crippen LogP contribution in [0, 0.1) is 6.54 Å². The molecule has 1 aliphatic rings. The van der Waals surface area contributed by atoms with E-state index in [0.29, 0.717) is 0 Å². The van der Waals surface area contributed by atoms with Crippen molar-refractivity contribution >= 4 is 0 Å². The second-order valence-corrected chi connectivity index (χ2v) is 2.55. The van der Waals surface area contributed by atoms with E-state index in [1.54, 1.807) is 0 Å². The first-order valence-corrected chi connectivity index (χ1v) is 3.88. The smallest absolute Gasteiger partial charge is 0.185 e. The topological polar surface area (TPSA) is 30.5 Å². The minimum absolute atomic E-state index is 0.161. The SMILES string of the molecule is C[CH]NC1OOc2ccccc21. The molecule has 0 saturated heterocycles. The summed E-state index contributed by atoms with van der Waals surface area (Å²) in [4.78, 5) is 10.0. The third-order valence-corrected chi connectivity index (χ3v) is 1.75. The maximum absolute atomic E-state index is 5.02. The van der Waals surface area contributed by atoms with Crippen molar-refractivity contribution in [1.29, 1.82) is 0 Å². The maximum atomic E-state index is 5.02. The van der Waals surface area contributed by atoms with Crippen LogP contribution in [0.5, 0.6) is 5.75 Å². The van der Waals surface area contributed by atoms with Crippen LogP contribution in [0.25, 0.3) is 0 Å².